The molecule has 3 aromatic carbocycles. The summed E-state index contributed by atoms with van der Waals surface area (Å²) < 4.78 is 13.0. The summed E-state index contributed by atoms with van der Waals surface area (Å²) in [7, 11) is 5.48. The van der Waals surface area contributed by atoms with Gasteiger partial charge in [-0.1, -0.05) is 30.3 Å². The Balaban J connectivity index is 1.55. The minimum Gasteiger partial charge on any atom is -0.497 e. The van der Waals surface area contributed by atoms with E-state index in [2.05, 4.69) is 78.6 Å². The van der Waals surface area contributed by atoms with Crippen LogP contribution in [0.5, 0.6) is 11.5 Å². The molecule has 4 aromatic rings. The van der Waals surface area contributed by atoms with Gasteiger partial charge in [-0.15, -0.1) is 0 Å². The minimum absolute atomic E-state index is 0.239. The van der Waals surface area contributed by atoms with E-state index in [-0.39, 0.29) is 6.04 Å². The van der Waals surface area contributed by atoms with Crippen molar-refractivity contribution < 1.29 is 9.47 Å². The Bertz CT molecular complexity index is 1150. The van der Waals surface area contributed by atoms with E-state index >= 15 is 0 Å². The maximum Gasteiger partial charge on any atom is 0.126 e. The molecular weight excluding hydrogens is 372 g/mol. The van der Waals surface area contributed by atoms with Gasteiger partial charge in [-0.25, -0.2) is 0 Å². The average Bonchev–Trinajstić information content (AvgIpc) is 3.18. The predicted octanol–water partition coefficient (Wildman–Crippen LogP) is 5.71. The largest absolute Gasteiger partial charge is 0.497 e. The third-order valence-corrected chi connectivity index (χ3v) is 5.71. The smallest absolute Gasteiger partial charge is 0.126 e. The first-order chi connectivity index (χ1) is 14.6. The molecule has 0 aliphatic heterocycles. The number of benzene rings is 3. The number of hydrogen-bond acceptors (Lipinski definition) is 3. The molecule has 0 radical (unpaired) electrons. The van der Waals surface area contributed by atoms with Gasteiger partial charge in [-0.05, 0) is 60.0 Å². The van der Waals surface area contributed by atoms with Crippen molar-refractivity contribution in [2.75, 3.05) is 14.2 Å². The highest BCUT2D eigenvalue weighted by Gasteiger charge is 2.12. The molecule has 30 heavy (non-hydrogen) atoms. The maximum atomic E-state index is 5.60. The zero-order chi connectivity index (χ0) is 21.1. The van der Waals surface area contributed by atoms with Crippen LogP contribution >= 0.6 is 0 Å². The monoisotopic (exact) mass is 400 g/mol. The standard InChI is InChI=1S/C26H28N2O2/c1-18(22-6-5-7-25-23(22)14-15-28(25)2)27-17-19-8-13-26(30-4)24(16-19)20-9-11-21(29-3)12-10-20/h5-16,18,27H,17H2,1-4H3. The first-order valence-electron chi connectivity index (χ1n) is 10.2. The second kappa shape index (κ2) is 8.64. The fraction of sp³-hybridized carbons (Fsp3) is 0.231. The number of methoxy groups -OCH3 is 2. The second-order valence-corrected chi connectivity index (χ2v) is 7.57. The Morgan fingerprint density at radius 1 is 0.933 bits per heavy atom. The lowest BCUT2D eigenvalue weighted by Crippen LogP contribution is -2.18. The van der Waals surface area contributed by atoms with Gasteiger partial charge >= 0.3 is 0 Å². The first kappa shape index (κ1) is 20.0. The van der Waals surface area contributed by atoms with Crippen LogP contribution in [0.3, 0.4) is 0 Å². The predicted molar refractivity (Wildman–Crippen MR) is 123 cm³/mol. The number of ether oxygens (including phenoxy) is 2. The molecule has 1 N–H and O–H groups in total. The van der Waals surface area contributed by atoms with Crippen LogP contribution in [0.25, 0.3) is 22.0 Å². The van der Waals surface area contributed by atoms with Crippen LogP contribution in [-0.4, -0.2) is 18.8 Å². The van der Waals surface area contributed by atoms with E-state index in [0.29, 0.717) is 0 Å². The summed E-state index contributed by atoms with van der Waals surface area (Å²) >= 11 is 0. The van der Waals surface area contributed by atoms with E-state index in [0.717, 1.165) is 29.2 Å². The van der Waals surface area contributed by atoms with Gasteiger partial charge in [0.25, 0.3) is 0 Å². The number of fused-ring (bicyclic) bond motifs is 1. The SMILES string of the molecule is COc1ccc(-c2cc(CNC(C)c3cccc4c3ccn4C)ccc2OC)cc1. The van der Waals surface area contributed by atoms with Crippen LogP contribution in [0, 0.1) is 0 Å². The molecule has 1 unspecified atom stereocenters. The zero-order valence-corrected chi connectivity index (χ0v) is 18.0. The Kier molecular flexibility index (Phi) is 5.77. The van der Waals surface area contributed by atoms with Gasteiger partial charge in [0.05, 0.1) is 14.2 Å². The Morgan fingerprint density at radius 2 is 1.73 bits per heavy atom. The van der Waals surface area contributed by atoms with E-state index in [1.807, 2.05) is 18.2 Å². The molecule has 1 aromatic heterocycles. The molecule has 0 saturated heterocycles. The van der Waals surface area contributed by atoms with Gasteiger partial charge in [0.2, 0.25) is 0 Å². The molecule has 4 nitrogen and oxygen atoms in total. The van der Waals surface area contributed by atoms with Gasteiger partial charge in [0.15, 0.2) is 0 Å². The number of nitrogens with one attached hydrogen (secondary N) is 1. The number of nitrogens with zero attached hydrogens (tertiary/aromatic N) is 1. The molecule has 0 fully saturated rings. The summed E-state index contributed by atoms with van der Waals surface area (Å²) in [5, 5.41) is 4.98. The molecule has 154 valence electrons. The van der Waals surface area contributed by atoms with Crippen molar-refractivity contribution in [2.24, 2.45) is 7.05 Å². The summed E-state index contributed by atoms with van der Waals surface area (Å²) in [6.45, 7) is 2.99. The van der Waals surface area contributed by atoms with Gasteiger partial charge in [-0.3, -0.25) is 0 Å². The summed E-state index contributed by atoms with van der Waals surface area (Å²) in [5.74, 6) is 1.71. The molecule has 1 atom stereocenters. The van der Waals surface area contributed by atoms with Crippen LogP contribution < -0.4 is 14.8 Å². The van der Waals surface area contributed by atoms with Crippen molar-refractivity contribution >= 4 is 10.9 Å². The van der Waals surface area contributed by atoms with Crippen molar-refractivity contribution in [3.05, 3.63) is 84.1 Å². The Labute approximate surface area is 178 Å². The van der Waals surface area contributed by atoms with Gasteiger partial charge in [0, 0.05) is 42.3 Å². The summed E-state index contributed by atoms with van der Waals surface area (Å²) in [5.41, 5.74) is 5.98. The molecule has 0 aliphatic carbocycles. The van der Waals surface area contributed by atoms with Crippen molar-refractivity contribution in [3.63, 3.8) is 0 Å². The van der Waals surface area contributed by atoms with Crippen molar-refractivity contribution in [2.45, 2.75) is 19.5 Å². The van der Waals surface area contributed by atoms with Crippen molar-refractivity contribution in [3.8, 4) is 22.6 Å². The Morgan fingerprint density at radius 3 is 2.47 bits per heavy atom. The van der Waals surface area contributed by atoms with Crippen LogP contribution in [0.2, 0.25) is 0 Å². The van der Waals surface area contributed by atoms with Gasteiger partial charge < -0.3 is 19.4 Å². The zero-order valence-electron chi connectivity index (χ0n) is 18.0. The van der Waals surface area contributed by atoms with Gasteiger partial charge in [0.1, 0.15) is 11.5 Å². The molecule has 4 rings (SSSR count). The topological polar surface area (TPSA) is 35.4 Å². The molecule has 1 heterocycles. The molecule has 0 spiro atoms. The lowest BCUT2D eigenvalue weighted by molar-refractivity contribution is 0.414. The lowest BCUT2D eigenvalue weighted by atomic mass is 10.0. The minimum atomic E-state index is 0.239. The second-order valence-electron chi connectivity index (χ2n) is 7.57. The van der Waals surface area contributed by atoms with E-state index < -0.39 is 0 Å². The lowest BCUT2D eigenvalue weighted by Gasteiger charge is -2.17. The normalized spacial score (nSPS) is 12.1. The van der Waals surface area contributed by atoms with Crippen molar-refractivity contribution in [1.29, 1.82) is 0 Å². The molecule has 0 bridgehead atoms. The van der Waals surface area contributed by atoms with Crippen LogP contribution in [-0.2, 0) is 13.6 Å². The summed E-state index contributed by atoms with van der Waals surface area (Å²) in [6.07, 6.45) is 2.12. The molecule has 4 heteroatoms. The quantitative estimate of drug-likeness (QED) is 0.431. The van der Waals surface area contributed by atoms with Crippen molar-refractivity contribution in [1.82, 2.24) is 9.88 Å². The summed E-state index contributed by atoms with van der Waals surface area (Å²) in [6, 6.07) is 23.4. The van der Waals surface area contributed by atoms with Gasteiger partial charge in [-0.2, -0.15) is 0 Å². The highest BCUT2D eigenvalue weighted by Crippen LogP contribution is 2.32. The fourth-order valence-corrected chi connectivity index (χ4v) is 3.95. The molecule has 0 aliphatic rings. The average molecular weight is 401 g/mol. The molecule has 0 saturated carbocycles. The Hall–Kier alpha value is -3.24. The number of aromatic nitrogens is 1. The maximum absolute atomic E-state index is 5.60. The van der Waals surface area contributed by atoms with Crippen LogP contribution in [0.1, 0.15) is 24.1 Å². The van der Waals surface area contributed by atoms with E-state index in [4.69, 9.17) is 9.47 Å². The molecular formula is C26H28N2O2. The van der Waals surface area contributed by atoms with Crippen LogP contribution in [0.4, 0.5) is 0 Å². The van der Waals surface area contributed by atoms with E-state index in [1.165, 1.54) is 22.0 Å². The van der Waals surface area contributed by atoms with E-state index in [9.17, 15) is 0 Å². The number of hydrogen-bond donors (Lipinski definition) is 1. The number of rotatable bonds is 7. The fourth-order valence-electron chi connectivity index (χ4n) is 3.95. The number of aryl methyl sites for hydroxylation is 1. The third kappa shape index (κ3) is 3.91. The molecule has 0 amide bonds. The van der Waals surface area contributed by atoms with E-state index in [1.54, 1.807) is 14.2 Å². The summed E-state index contributed by atoms with van der Waals surface area (Å²) in [4.78, 5) is 0. The highest BCUT2D eigenvalue weighted by atomic mass is 16.5. The highest BCUT2D eigenvalue weighted by molar-refractivity contribution is 5.84. The third-order valence-electron chi connectivity index (χ3n) is 5.71. The first-order valence-corrected chi connectivity index (χ1v) is 10.2. The van der Waals surface area contributed by atoms with Crippen LogP contribution in [0.15, 0.2) is 72.9 Å².